The lowest BCUT2D eigenvalue weighted by atomic mass is 9.90. The Bertz CT molecular complexity index is 166. The van der Waals surface area contributed by atoms with Crippen LogP contribution in [0.1, 0.15) is 40.0 Å². The van der Waals surface area contributed by atoms with Crippen LogP contribution in [0.25, 0.3) is 0 Å². The Morgan fingerprint density at radius 3 is 1.86 bits per heavy atom. The SMILES string of the molecule is CCC(CC)(CC)NCC(=O)N(C)C. The molecule has 0 saturated heterocycles. The highest BCUT2D eigenvalue weighted by atomic mass is 16.2. The quantitative estimate of drug-likeness (QED) is 0.707. The van der Waals surface area contributed by atoms with Gasteiger partial charge in [-0.15, -0.1) is 0 Å². The number of carbonyl (C=O) groups excluding carboxylic acids is 1. The molecular formula is C11H24N2O. The van der Waals surface area contributed by atoms with Crippen LogP contribution >= 0.6 is 0 Å². The number of carbonyl (C=O) groups is 1. The van der Waals surface area contributed by atoms with Gasteiger partial charge in [-0.1, -0.05) is 20.8 Å². The van der Waals surface area contributed by atoms with Crippen LogP contribution in [-0.2, 0) is 4.79 Å². The molecule has 14 heavy (non-hydrogen) atoms. The molecule has 0 saturated carbocycles. The monoisotopic (exact) mass is 200 g/mol. The summed E-state index contributed by atoms with van der Waals surface area (Å²) in [6, 6.07) is 0. The first-order chi connectivity index (χ1) is 6.51. The molecule has 0 aromatic rings. The first kappa shape index (κ1) is 13.4. The molecule has 0 radical (unpaired) electrons. The number of amides is 1. The van der Waals surface area contributed by atoms with E-state index in [1.54, 1.807) is 19.0 Å². The molecule has 0 heterocycles. The summed E-state index contributed by atoms with van der Waals surface area (Å²) in [6.45, 7) is 6.95. The largest absolute Gasteiger partial charge is 0.348 e. The summed E-state index contributed by atoms with van der Waals surface area (Å²) in [5.41, 5.74) is 0.145. The third-order valence-corrected chi connectivity index (χ3v) is 3.14. The molecule has 1 amide bonds. The van der Waals surface area contributed by atoms with E-state index < -0.39 is 0 Å². The molecule has 0 atom stereocenters. The van der Waals surface area contributed by atoms with Crippen LogP contribution in [0.2, 0.25) is 0 Å². The van der Waals surface area contributed by atoms with Gasteiger partial charge in [0.15, 0.2) is 0 Å². The zero-order valence-electron chi connectivity index (χ0n) is 10.2. The van der Waals surface area contributed by atoms with Crippen LogP contribution in [0.4, 0.5) is 0 Å². The van der Waals surface area contributed by atoms with E-state index in [1.165, 1.54) is 0 Å². The van der Waals surface area contributed by atoms with Gasteiger partial charge in [0, 0.05) is 19.6 Å². The van der Waals surface area contributed by atoms with Gasteiger partial charge in [0.25, 0.3) is 0 Å². The maximum atomic E-state index is 11.4. The summed E-state index contributed by atoms with van der Waals surface area (Å²) in [4.78, 5) is 13.0. The molecule has 0 aliphatic rings. The van der Waals surface area contributed by atoms with Gasteiger partial charge >= 0.3 is 0 Å². The predicted octanol–water partition coefficient (Wildman–Crippen LogP) is 1.63. The van der Waals surface area contributed by atoms with Gasteiger partial charge in [-0.2, -0.15) is 0 Å². The Kier molecular flexibility index (Phi) is 5.77. The zero-order chi connectivity index (χ0) is 11.2. The molecule has 0 unspecified atom stereocenters. The third kappa shape index (κ3) is 3.66. The van der Waals surface area contributed by atoms with E-state index in [1.807, 2.05) is 0 Å². The van der Waals surface area contributed by atoms with Crippen molar-refractivity contribution in [3.8, 4) is 0 Å². The number of hydrogen-bond donors (Lipinski definition) is 1. The molecule has 1 N–H and O–H groups in total. The minimum atomic E-state index is 0.143. The fourth-order valence-electron chi connectivity index (χ4n) is 1.55. The van der Waals surface area contributed by atoms with Gasteiger partial charge in [-0.3, -0.25) is 4.79 Å². The van der Waals surface area contributed by atoms with Crippen molar-refractivity contribution in [2.45, 2.75) is 45.6 Å². The molecule has 0 aromatic carbocycles. The Hall–Kier alpha value is -0.570. The van der Waals surface area contributed by atoms with Crippen molar-refractivity contribution < 1.29 is 4.79 Å². The Morgan fingerprint density at radius 2 is 1.57 bits per heavy atom. The van der Waals surface area contributed by atoms with E-state index in [9.17, 15) is 4.79 Å². The number of nitrogens with one attached hydrogen (secondary N) is 1. The third-order valence-electron chi connectivity index (χ3n) is 3.14. The van der Waals surface area contributed by atoms with Crippen LogP contribution in [0, 0.1) is 0 Å². The average Bonchev–Trinajstić information content (AvgIpc) is 2.20. The van der Waals surface area contributed by atoms with Gasteiger partial charge in [0.1, 0.15) is 0 Å². The second-order valence-corrected chi connectivity index (χ2v) is 3.98. The van der Waals surface area contributed by atoms with Gasteiger partial charge in [-0.25, -0.2) is 0 Å². The number of rotatable bonds is 6. The lowest BCUT2D eigenvalue weighted by Crippen LogP contribution is -2.48. The van der Waals surface area contributed by atoms with Gasteiger partial charge < -0.3 is 10.2 Å². The molecule has 0 spiro atoms. The lowest BCUT2D eigenvalue weighted by molar-refractivity contribution is -0.128. The number of likely N-dealkylation sites (N-methyl/N-ethyl adjacent to an activating group) is 1. The van der Waals surface area contributed by atoms with Crippen molar-refractivity contribution >= 4 is 5.91 Å². The summed E-state index contributed by atoms with van der Waals surface area (Å²) in [7, 11) is 3.57. The molecule has 0 aliphatic carbocycles. The maximum Gasteiger partial charge on any atom is 0.236 e. The van der Waals surface area contributed by atoms with Crippen molar-refractivity contribution in [3.05, 3.63) is 0 Å². The Morgan fingerprint density at radius 1 is 1.14 bits per heavy atom. The second kappa shape index (κ2) is 6.02. The van der Waals surface area contributed by atoms with Crippen LogP contribution in [0.5, 0.6) is 0 Å². The Balaban J connectivity index is 4.12. The minimum absolute atomic E-state index is 0.143. The van der Waals surface area contributed by atoms with Gasteiger partial charge in [-0.05, 0) is 19.3 Å². The fourth-order valence-corrected chi connectivity index (χ4v) is 1.55. The van der Waals surface area contributed by atoms with Crippen molar-refractivity contribution in [3.63, 3.8) is 0 Å². The van der Waals surface area contributed by atoms with Gasteiger partial charge in [0.2, 0.25) is 5.91 Å². The van der Waals surface area contributed by atoms with Crippen molar-refractivity contribution in [2.75, 3.05) is 20.6 Å². The molecule has 0 rings (SSSR count). The molecule has 0 bridgehead atoms. The van der Waals surface area contributed by atoms with E-state index in [4.69, 9.17) is 0 Å². The highest BCUT2D eigenvalue weighted by Crippen LogP contribution is 2.18. The maximum absolute atomic E-state index is 11.4. The highest BCUT2D eigenvalue weighted by Gasteiger charge is 2.23. The molecule has 84 valence electrons. The summed E-state index contributed by atoms with van der Waals surface area (Å²) < 4.78 is 0. The number of hydrogen-bond acceptors (Lipinski definition) is 2. The molecule has 0 fully saturated rings. The van der Waals surface area contributed by atoms with Crippen molar-refractivity contribution in [1.82, 2.24) is 10.2 Å². The van der Waals surface area contributed by atoms with E-state index in [0.29, 0.717) is 6.54 Å². The standard InChI is InChI=1S/C11H24N2O/c1-6-11(7-2,8-3)12-9-10(14)13(4)5/h12H,6-9H2,1-5H3. The summed E-state index contributed by atoms with van der Waals surface area (Å²) in [6.07, 6.45) is 3.21. The topological polar surface area (TPSA) is 32.3 Å². The van der Waals surface area contributed by atoms with Gasteiger partial charge in [0.05, 0.1) is 6.54 Å². The van der Waals surface area contributed by atoms with Crippen molar-refractivity contribution in [2.24, 2.45) is 0 Å². The van der Waals surface area contributed by atoms with E-state index >= 15 is 0 Å². The lowest BCUT2D eigenvalue weighted by Gasteiger charge is -2.32. The van der Waals surface area contributed by atoms with Crippen LogP contribution in [-0.4, -0.2) is 37.0 Å². The Labute approximate surface area is 87.9 Å². The van der Waals surface area contributed by atoms with Crippen LogP contribution in [0.15, 0.2) is 0 Å². The van der Waals surface area contributed by atoms with Crippen LogP contribution < -0.4 is 5.32 Å². The smallest absolute Gasteiger partial charge is 0.236 e. The van der Waals surface area contributed by atoms with E-state index in [-0.39, 0.29) is 11.4 Å². The summed E-state index contributed by atoms with van der Waals surface area (Å²) >= 11 is 0. The van der Waals surface area contributed by atoms with E-state index in [0.717, 1.165) is 19.3 Å². The highest BCUT2D eigenvalue weighted by molar-refractivity contribution is 5.77. The van der Waals surface area contributed by atoms with Crippen LogP contribution in [0.3, 0.4) is 0 Å². The van der Waals surface area contributed by atoms with E-state index in [2.05, 4.69) is 26.1 Å². The predicted molar refractivity (Wildman–Crippen MR) is 60.3 cm³/mol. The molecule has 0 aliphatic heterocycles. The summed E-state index contributed by atoms with van der Waals surface area (Å²) in [5.74, 6) is 0.143. The molecular weight excluding hydrogens is 176 g/mol. The number of nitrogens with zero attached hydrogens (tertiary/aromatic N) is 1. The zero-order valence-corrected chi connectivity index (χ0v) is 10.2. The molecule has 0 aromatic heterocycles. The second-order valence-electron chi connectivity index (χ2n) is 3.98. The minimum Gasteiger partial charge on any atom is -0.348 e. The first-order valence-corrected chi connectivity index (χ1v) is 5.46. The summed E-state index contributed by atoms with van der Waals surface area (Å²) in [5, 5.41) is 3.37. The van der Waals surface area contributed by atoms with Crippen molar-refractivity contribution in [1.29, 1.82) is 0 Å². The molecule has 3 heteroatoms. The average molecular weight is 200 g/mol. The normalized spacial score (nSPS) is 11.5. The molecule has 3 nitrogen and oxygen atoms in total. The first-order valence-electron chi connectivity index (χ1n) is 5.46. The fraction of sp³-hybridized carbons (Fsp3) is 0.909.